The molecule has 0 saturated carbocycles. The largest absolute Gasteiger partial charge is 0.383 e. The van der Waals surface area contributed by atoms with E-state index in [1.165, 1.54) is 10.5 Å². The summed E-state index contributed by atoms with van der Waals surface area (Å²) in [5.74, 6) is -0.381. The minimum absolute atomic E-state index is 0.144. The fourth-order valence-corrected chi connectivity index (χ4v) is 2.43. The van der Waals surface area contributed by atoms with E-state index in [9.17, 15) is 9.59 Å². The Balaban J connectivity index is 2.25. The number of hydrogen-bond acceptors (Lipinski definition) is 6. The maximum Gasteiger partial charge on any atom is 0.267 e. The second kappa shape index (κ2) is 6.25. The average molecular weight is 327 g/mol. The zero-order valence-electron chi connectivity index (χ0n) is 13.4. The summed E-state index contributed by atoms with van der Waals surface area (Å²) in [5, 5.41) is 3.22. The zero-order chi connectivity index (χ0) is 17.3. The maximum absolute atomic E-state index is 12.7. The molecule has 0 atom stereocenters. The lowest BCUT2D eigenvalue weighted by Gasteiger charge is -2.10. The topological polar surface area (TPSA) is 112 Å². The van der Waals surface area contributed by atoms with Gasteiger partial charge in [0.05, 0.1) is 17.6 Å². The zero-order valence-corrected chi connectivity index (χ0v) is 13.4. The van der Waals surface area contributed by atoms with Crippen molar-refractivity contribution in [2.24, 2.45) is 5.73 Å². The highest BCUT2D eigenvalue weighted by Gasteiger charge is 2.15. The Morgan fingerprint density at radius 3 is 2.88 bits per heavy atom. The molecule has 124 valence electrons. The summed E-state index contributed by atoms with van der Waals surface area (Å²) in [7, 11) is 1.57. The number of amides is 1. The number of nitrogens with one attached hydrogen (secondary N) is 1. The van der Waals surface area contributed by atoms with Gasteiger partial charge < -0.3 is 15.8 Å². The number of anilines is 1. The first-order valence-corrected chi connectivity index (χ1v) is 7.37. The molecule has 0 aliphatic heterocycles. The highest BCUT2D eigenvalue weighted by atomic mass is 16.5. The van der Waals surface area contributed by atoms with Crippen molar-refractivity contribution in [3.63, 3.8) is 0 Å². The van der Waals surface area contributed by atoms with Crippen LogP contribution in [-0.4, -0.2) is 40.5 Å². The second-order valence-electron chi connectivity index (χ2n) is 5.39. The van der Waals surface area contributed by atoms with Gasteiger partial charge in [-0.3, -0.25) is 14.0 Å². The third-order valence-corrected chi connectivity index (χ3v) is 3.61. The van der Waals surface area contributed by atoms with Crippen LogP contribution in [0.25, 0.3) is 16.7 Å². The molecule has 0 radical (unpaired) electrons. The number of aromatic nitrogens is 3. The Morgan fingerprint density at radius 2 is 2.17 bits per heavy atom. The van der Waals surface area contributed by atoms with Crippen LogP contribution in [0, 0.1) is 6.92 Å². The number of carbonyl (C=O) groups excluding carboxylic acids is 1. The van der Waals surface area contributed by atoms with Gasteiger partial charge >= 0.3 is 0 Å². The number of primary amides is 1. The molecule has 0 bridgehead atoms. The van der Waals surface area contributed by atoms with Crippen LogP contribution in [0.15, 0.2) is 29.2 Å². The van der Waals surface area contributed by atoms with Crippen molar-refractivity contribution >= 4 is 28.4 Å². The summed E-state index contributed by atoms with van der Waals surface area (Å²) in [5.41, 5.74) is 6.93. The fraction of sp³-hybridized carbons (Fsp3) is 0.250. The van der Waals surface area contributed by atoms with Crippen molar-refractivity contribution in [2.75, 3.05) is 25.6 Å². The van der Waals surface area contributed by atoms with E-state index in [1.807, 2.05) is 13.0 Å². The summed E-state index contributed by atoms with van der Waals surface area (Å²) in [6, 6.07) is 5.05. The van der Waals surface area contributed by atoms with Crippen LogP contribution in [0.4, 0.5) is 5.82 Å². The number of rotatable bonds is 5. The van der Waals surface area contributed by atoms with Crippen molar-refractivity contribution in [3.05, 3.63) is 45.9 Å². The molecule has 0 spiro atoms. The van der Waals surface area contributed by atoms with Crippen molar-refractivity contribution in [1.29, 1.82) is 0 Å². The van der Waals surface area contributed by atoms with Crippen LogP contribution >= 0.6 is 0 Å². The maximum atomic E-state index is 12.7. The Hall–Kier alpha value is -3.00. The Labute approximate surface area is 137 Å². The fourth-order valence-electron chi connectivity index (χ4n) is 2.43. The van der Waals surface area contributed by atoms with Gasteiger partial charge in [0.25, 0.3) is 11.5 Å². The number of nitrogens with two attached hydrogens (primary N) is 1. The van der Waals surface area contributed by atoms with Crippen LogP contribution in [-0.2, 0) is 4.74 Å². The molecule has 0 unspecified atom stereocenters. The van der Waals surface area contributed by atoms with Gasteiger partial charge in [0, 0.05) is 19.9 Å². The molecule has 0 aliphatic rings. The third-order valence-electron chi connectivity index (χ3n) is 3.61. The van der Waals surface area contributed by atoms with Gasteiger partial charge in [-0.2, -0.15) is 0 Å². The molecule has 24 heavy (non-hydrogen) atoms. The van der Waals surface area contributed by atoms with E-state index in [4.69, 9.17) is 10.5 Å². The third kappa shape index (κ3) is 2.79. The number of ether oxygens (including phenoxy) is 1. The molecule has 0 aliphatic carbocycles. The van der Waals surface area contributed by atoms with E-state index in [0.717, 1.165) is 5.56 Å². The van der Waals surface area contributed by atoms with E-state index in [1.54, 1.807) is 19.4 Å². The number of methoxy groups -OCH3 is 1. The minimum atomic E-state index is -0.668. The van der Waals surface area contributed by atoms with Crippen LogP contribution < -0.4 is 16.6 Å². The van der Waals surface area contributed by atoms with E-state index in [2.05, 4.69) is 15.3 Å². The molecule has 8 nitrogen and oxygen atoms in total. The quantitative estimate of drug-likeness (QED) is 0.527. The van der Waals surface area contributed by atoms with Crippen molar-refractivity contribution in [3.8, 4) is 0 Å². The summed E-state index contributed by atoms with van der Waals surface area (Å²) in [6.45, 7) is 2.76. The molecule has 8 heteroatoms. The Kier molecular flexibility index (Phi) is 4.13. The lowest BCUT2D eigenvalue weighted by molar-refractivity contribution is 0.100. The van der Waals surface area contributed by atoms with Crippen LogP contribution in [0.3, 0.4) is 0 Å². The van der Waals surface area contributed by atoms with Gasteiger partial charge in [0.1, 0.15) is 11.5 Å². The molecule has 0 fully saturated rings. The Morgan fingerprint density at radius 1 is 1.38 bits per heavy atom. The van der Waals surface area contributed by atoms with E-state index in [0.29, 0.717) is 18.8 Å². The normalized spacial score (nSPS) is 11.1. The second-order valence-corrected chi connectivity index (χ2v) is 5.39. The average Bonchev–Trinajstić information content (AvgIpc) is 2.55. The van der Waals surface area contributed by atoms with Gasteiger partial charge in [0.15, 0.2) is 5.65 Å². The molecule has 3 rings (SSSR count). The first-order chi connectivity index (χ1) is 11.5. The van der Waals surface area contributed by atoms with Gasteiger partial charge in [-0.1, -0.05) is 6.07 Å². The van der Waals surface area contributed by atoms with Gasteiger partial charge in [-0.15, -0.1) is 0 Å². The molecule has 3 heterocycles. The monoisotopic (exact) mass is 327 g/mol. The van der Waals surface area contributed by atoms with Crippen LogP contribution in [0.2, 0.25) is 0 Å². The van der Waals surface area contributed by atoms with Crippen LogP contribution in [0.5, 0.6) is 0 Å². The number of fused-ring (bicyclic) bond motifs is 2. The standard InChI is InChI=1S/C16H17N5O3/c1-9-3-4-12-19-15-11(16(23)21(12)8-9)7-10(13(17)22)14(20-15)18-5-6-24-2/h3-4,7-8H,5-6H2,1-2H3,(H2,17,22)(H,18,20). The predicted molar refractivity (Wildman–Crippen MR) is 90.4 cm³/mol. The molecule has 3 aromatic rings. The molecule has 3 N–H and O–H groups in total. The number of aryl methyl sites for hydroxylation is 1. The predicted octanol–water partition coefficient (Wildman–Crippen LogP) is 0.708. The molecular formula is C16H17N5O3. The Bertz CT molecular complexity index is 996. The summed E-state index contributed by atoms with van der Waals surface area (Å²) in [4.78, 5) is 33.1. The first-order valence-electron chi connectivity index (χ1n) is 7.37. The highest BCUT2D eigenvalue weighted by Crippen LogP contribution is 2.17. The molecule has 0 saturated heterocycles. The first kappa shape index (κ1) is 15.9. The summed E-state index contributed by atoms with van der Waals surface area (Å²) < 4.78 is 6.40. The van der Waals surface area contributed by atoms with Gasteiger partial charge in [-0.05, 0) is 24.6 Å². The summed E-state index contributed by atoms with van der Waals surface area (Å²) in [6.07, 6.45) is 1.69. The number of hydrogen-bond donors (Lipinski definition) is 2. The van der Waals surface area contributed by atoms with Crippen molar-refractivity contribution in [2.45, 2.75) is 6.92 Å². The number of pyridine rings is 2. The lowest BCUT2D eigenvalue weighted by atomic mass is 10.2. The SMILES string of the molecule is COCCNc1nc2nc3ccc(C)cn3c(=O)c2cc1C(N)=O. The van der Waals surface area contributed by atoms with E-state index < -0.39 is 5.91 Å². The van der Waals surface area contributed by atoms with Crippen molar-refractivity contribution < 1.29 is 9.53 Å². The smallest absolute Gasteiger partial charge is 0.267 e. The molecule has 0 aromatic carbocycles. The van der Waals surface area contributed by atoms with E-state index in [-0.39, 0.29) is 28.0 Å². The molecule has 1 amide bonds. The van der Waals surface area contributed by atoms with Gasteiger partial charge in [0.2, 0.25) is 0 Å². The van der Waals surface area contributed by atoms with E-state index >= 15 is 0 Å². The number of carbonyl (C=O) groups is 1. The molecule has 3 aromatic heterocycles. The number of nitrogens with zero attached hydrogens (tertiary/aromatic N) is 3. The lowest BCUT2D eigenvalue weighted by Crippen LogP contribution is -2.21. The van der Waals surface area contributed by atoms with Crippen LogP contribution in [0.1, 0.15) is 15.9 Å². The van der Waals surface area contributed by atoms with Crippen molar-refractivity contribution in [1.82, 2.24) is 14.4 Å². The minimum Gasteiger partial charge on any atom is -0.383 e. The molecular weight excluding hydrogens is 310 g/mol. The highest BCUT2D eigenvalue weighted by molar-refractivity contribution is 6.00. The summed E-state index contributed by atoms with van der Waals surface area (Å²) >= 11 is 0. The van der Waals surface area contributed by atoms with Gasteiger partial charge in [-0.25, -0.2) is 9.97 Å².